The highest BCUT2D eigenvalue weighted by Gasteiger charge is 2.32. The second-order valence-corrected chi connectivity index (χ2v) is 5.21. The molecule has 0 atom stereocenters. The van der Waals surface area contributed by atoms with Gasteiger partial charge in [0.25, 0.3) is 0 Å². The fourth-order valence-corrected chi connectivity index (χ4v) is 2.58. The third-order valence-electron chi connectivity index (χ3n) is 3.69. The standard InChI is InChI=1S/C14H24N4O2/c1-3-20-13-8-12(17-11-18-13)16-9-14(10-19-2)4-6-15-7-5-14/h8,11,15H,3-7,9-10H2,1-2H3,(H,16,17,18). The number of methoxy groups -OCH3 is 1. The Morgan fingerprint density at radius 3 is 2.85 bits per heavy atom. The van der Waals surface area contributed by atoms with E-state index in [-0.39, 0.29) is 5.41 Å². The zero-order chi connectivity index (χ0) is 14.3. The van der Waals surface area contributed by atoms with Crippen LogP contribution in [-0.4, -0.2) is 49.9 Å². The summed E-state index contributed by atoms with van der Waals surface area (Å²) in [6.07, 6.45) is 3.74. The molecule has 6 nitrogen and oxygen atoms in total. The van der Waals surface area contributed by atoms with Crippen LogP contribution < -0.4 is 15.4 Å². The van der Waals surface area contributed by atoms with Gasteiger partial charge in [0.2, 0.25) is 5.88 Å². The lowest BCUT2D eigenvalue weighted by atomic mass is 9.79. The van der Waals surface area contributed by atoms with Crippen molar-refractivity contribution in [3.8, 4) is 5.88 Å². The minimum absolute atomic E-state index is 0.177. The number of hydrogen-bond acceptors (Lipinski definition) is 6. The third kappa shape index (κ3) is 4.05. The third-order valence-corrected chi connectivity index (χ3v) is 3.69. The van der Waals surface area contributed by atoms with Crippen molar-refractivity contribution in [3.63, 3.8) is 0 Å². The number of rotatable bonds is 7. The van der Waals surface area contributed by atoms with Crippen LogP contribution in [0.25, 0.3) is 0 Å². The Bertz CT molecular complexity index is 402. The van der Waals surface area contributed by atoms with E-state index in [4.69, 9.17) is 9.47 Å². The minimum Gasteiger partial charge on any atom is -0.478 e. The van der Waals surface area contributed by atoms with E-state index in [0.717, 1.165) is 44.9 Å². The van der Waals surface area contributed by atoms with Gasteiger partial charge >= 0.3 is 0 Å². The van der Waals surface area contributed by atoms with Gasteiger partial charge in [0, 0.05) is 25.1 Å². The van der Waals surface area contributed by atoms with Crippen molar-refractivity contribution in [2.45, 2.75) is 19.8 Å². The first kappa shape index (κ1) is 15.0. The normalized spacial score (nSPS) is 17.7. The Balaban J connectivity index is 1.96. The lowest BCUT2D eigenvalue weighted by Gasteiger charge is -2.37. The van der Waals surface area contributed by atoms with E-state index < -0.39 is 0 Å². The summed E-state index contributed by atoms with van der Waals surface area (Å²) in [6, 6.07) is 1.84. The first-order valence-electron chi connectivity index (χ1n) is 7.16. The Kier molecular flexibility index (Phi) is 5.55. The molecule has 0 radical (unpaired) electrons. The van der Waals surface area contributed by atoms with Crippen LogP contribution in [0.3, 0.4) is 0 Å². The maximum absolute atomic E-state index is 5.41. The van der Waals surface area contributed by atoms with Crippen LogP contribution in [0, 0.1) is 5.41 Å². The molecule has 0 bridgehead atoms. The predicted octanol–water partition coefficient (Wildman–Crippen LogP) is 1.30. The molecule has 2 rings (SSSR count). The lowest BCUT2D eigenvalue weighted by molar-refractivity contribution is 0.0635. The molecule has 112 valence electrons. The average molecular weight is 280 g/mol. The van der Waals surface area contributed by atoms with Gasteiger partial charge in [-0.05, 0) is 32.9 Å². The van der Waals surface area contributed by atoms with Crippen molar-refractivity contribution >= 4 is 5.82 Å². The molecule has 1 aromatic heterocycles. The molecule has 1 aliphatic rings. The summed E-state index contributed by atoms with van der Waals surface area (Å²) in [5, 5.41) is 6.79. The van der Waals surface area contributed by atoms with Crippen molar-refractivity contribution in [2.24, 2.45) is 5.41 Å². The Hall–Kier alpha value is -1.40. The molecule has 20 heavy (non-hydrogen) atoms. The smallest absolute Gasteiger partial charge is 0.218 e. The molecule has 0 amide bonds. The molecule has 0 unspecified atom stereocenters. The molecule has 0 aliphatic carbocycles. The fraction of sp³-hybridized carbons (Fsp3) is 0.714. The van der Waals surface area contributed by atoms with E-state index in [0.29, 0.717) is 12.5 Å². The van der Waals surface area contributed by atoms with E-state index in [1.165, 1.54) is 6.33 Å². The van der Waals surface area contributed by atoms with Crippen LogP contribution in [0.5, 0.6) is 5.88 Å². The summed E-state index contributed by atoms with van der Waals surface area (Å²) in [4.78, 5) is 8.31. The number of aromatic nitrogens is 2. The van der Waals surface area contributed by atoms with Gasteiger partial charge in [-0.25, -0.2) is 9.97 Å². The molecule has 0 aromatic carbocycles. The van der Waals surface area contributed by atoms with Crippen LogP contribution in [0.15, 0.2) is 12.4 Å². The topological polar surface area (TPSA) is 68.3 Å². The van der Waals surface area contributed by atoms with Gasteiger partial charge in [-0.1, -0.05) is 0 Å². The summed E-state index contributed by atoms with van der Waals surface area (Å²) in [5.41, 5.74) is 0.177. The Labute approximate surface area is 120 Å². The first-order chi connectivity index (χ1) is 9.78. The molecule has 1 aromatic rings. The van der Waals surface area contributed by atoms with Gasteiger partial charge in [0.1, 0.15) is 12.1 Å². The molecule has 6 heteroatoms. The number of nitrogens with one attached hydrogen (secondary N) is 2. The number of ether oxygens (including phenoxy) is 2. The molecule has 1 fully saturated rings. The molecule has 1 saturated heterocycles. The monoisotopic (exact) mass is 280 g/mol. The number of anilines is 1. The zero-order valence-corrected chi connectivity index (χ0v) is 12.3. The van der Waals surface area contributed by atoms with E-state index in [1.807, 2.05) is 13.0 Å². The van der Waals surface area contributed by atoms with E-state index in [2.05, 4.69) is 20.6 Å². The lowest BCUT2D eigenvalue weighted by Crippen LogP contribution is -2.44. The molecular formula is C14H24N4O2. The molecule has 0 spiro atoms. The highest BCUT2D eigenvalue weighted by Crippen LogP contribution is 2.29. The summed E-state index contributed by atoms with van der Waals surface area (Å²) in [5.74, 6) is 1.41. The van der Waals surface area contributed by atoms with E-state index in [9.17, 15) is 0 Å². The van der Waals surface area contributed by atoms with Crippen molar-refractivity contribution in [2.75, 3.05) is 45.3 Å². The predicted molar refractivity (Wildman–Crippen MR) is 78.1 cm³/mol. The van der Waals surface area contributed by atoms with Crippen molar-refractivity contribution < 1.29 is 9.47 Å². The van der Waals surface area contributed by atoms with Gasteiger partial charge in [-0.15, -0.1) is 0 Å². The Morgan fingerprint density at radius 2 is 2.15 bits per heavy atom. The second-order valence-electron chi connectivity index (χ2n) is 5.21. The Morgan fingerprint density at radius 1 is 1.35 bits per heavy atom. The summed E-state index contributed by atoms with van der Waals surface area (Å²) in [7, 11) is 1.77. The molecule has 1 aliphatic heterocycles. The fourth-order valence-electron chi connectivity index (χ4n) is 2.58. The number of hydrogen-bond donors (Lipinski definition) is 2. The van der Waals surface area contributed by atoms with Crippen LogP contribution in [-0.2, 0) is 4.74 Å². The van der Waals surface area contributed by atoms with Gasteiger partial charge in [-0.3, -0.25) is 0 Å². The molecular weight excluding hydrogens is 256 g/mol. The highest BCUT2D eigenvalue weighted by atomic mass is 16.5. The zero-order valence-electron chi connectivity index (χ0n) is 12.3. The van der Waals surface area contributed by atoms with Gasteiger partial charge < -0.3 is 20.1 Å². The van der Waals surface area contributed by atoms with Gasteiger partial charge in [0.05, 0.1) is 13.2 Å². The van der Waals surface area contributed by atoms with Crippen molar-refractivity contribution in [1.29, 1.82) is 0 Å². The summed E-state index contributed by atoms with van der Waals surface area (Å²) >= 11 is 0. The van der Waals surface area contributed by atoms with Gasteiger partial charge in [-0.2, -0.15) is 0 Å². The minimum atomic E-state index is 0.177. The van der Waals surface area contributed by atoms with E-state index in [1.54, 1.807) is 7.11 Å². The van der Waals surface area contributed by atoms with Crippen LogP contribution >= 0.6 is 0 Å². The maximum Gasteiger partial charge on any atom is 0.218 e. The highest BCUT2D eigenvalue weighted by molar-refractivity contribution is 5.37. The molecule has 2 N–H and O–H groups in total. The SMILES string of the molecule is CCOc1cc(NCC2(COC)CCNCC2)ncn1. The largest absolute Gasteiger partial charge is 0.478 e. The molecule has 0 saturated carbocycles. The molecule has 2 heterocycles. The van der Waals surface area contributed by atoms with E-state index >= 15 is 0 Å². The first-order valence-corrected chi connectivity index (χ1v) is 7.16. The van der Waals surface area contributed by atoms with Crippen LogP contribution in [0.1, 0.15) is 19.8 Å². The maximum atomic E-state index is 5.41. The second kappa shape index (κ2) is 7.40. The quantitative estimate of drug-likeness (QED) is 0.785. The number of nitrogens with zero attached hydrogens (tertiary/aromatic N) is 2. The van der Waals surface area contributed by atoms with Crippen LogP contribution in [0.4, 0.5) is 5.82 Å². The average Bonchev–Trinajstić information content (AvgIpc) is 2.47. The van der Waals surface area contributed by atoms with Gasteiger partial charge in [0.15, 0.2) is 0 Å². The van der Waals surface area contributed by atoms with Crippen LogP contribution in [0.2, 0.25) is 0 Å². The summed E-state index contributed by atoms with van der Waals surface area (Å²) in [6.45, 7) is 6.25. The number of piperidine rings is 1. The van der Waals surface area contributed by atoms with Crippen molar-refractivity contribution in [1.82, 2.24) is 15.3 Å². The summed E-state index contributed by atoms with van der Waals surface area (Å²) < 4.78 is 10.8. The van der Waals surface area contributed by atoms with Crippen molar-refractivity contribution in [3.05, 3.63) is 12.4 Å².